The van der Waals surface area contributed by atoms with Crippen LogP contribution < -0.4 is 0 Å². The molecular weight excluding hydrogens is 232 g/mol. The maximum Gasteiger partial charge on any atom is 0.186 e. The van der Waals surface area contributed by atoms with E-state index in [0.717, 1.165) is 11.9 Å². The number of alkyl halides is 1. The molecule has 0 atom stereocenters. The SMILES string of the molecule is CCCCO[Si](C)(C)CCCBr. The molecule has 0 fully saturated rings. The first kappa shape index (κ1) is 12.7. The molecule has 0 heterocycles. The molecule has 3 heteroatoms. The Labute approximate surface area is 86.1 Å². The van der Waals surface area contributed by atoms with E-state index in [2.05, 4.69) is 35.9 Å². The van der Waals surface area contributed by atoms with Crippen molar-refractivity contribution in [3.8, 4) is 0 Å². The largest absolute Gasteiger partial charge is 0.417 e. The molecule has 0 saturated heterocycles. The van der Waals surface area contributed by atoms with Crippen LogP contribution in [-0.2, 0) is 4.43 Å². The first-order valence-electron chi connectivity index (χ1n) is 4.82. The number of rotatable bonds is 7. The molecule has 0 radical (unpaired) electrons. The smallest absolute Gasteiger partial charge is 0.186 e. The summed E-state index contributed by atoms with van der Waals surface area (Å²) >= 11 is 3.45. The van der Waals surface area contributed by atoms with E-state index in [1.165, 1.54) is 25.3 Å². The van der Waals surface area contributed by atoms with Crippen molar-refractivity contribution in [3.05, 3.63) is 0 Å². The average molecular weight is 253 g/mol. The van der Waals surface area contributed by atoms with E-state index in [-0.39, 0.29) is 0 Å². The van der Waals surface area contributed by atoms with Crippen LogP contribution in [0, 0.1) is 0 Å². The Balaban J connectivity index is 3.42. The molecule has 0 aromatic carbocycles. The number of hydrogen-bond donors (Lipinski definition) is 0. The van der Waals surface area contributed by atoms with E-state index in [4.69, 9.17) is 4.43 Å². The topological polar surface area (TPSA) is 9.23 Å². The van der Waals surface area contributed by atoms with E-state index in [9.17, 15) is 0 Å². The predicted octanol–water partition coefficient (Wildman–Crippen LogP) is 3.79. The van der Waals surface area contributed by atoms with Crippen molar-refractivity contribution in [3.63, 3.8) is 0 Å². The van der Waals surface area contributed by atoms with Crippen LogP contribution in [0.1, 0.15) is 26.2 Å². The van der Waals surface area contributed by atoms with Crippen molar-refractivity contribution in [1.82, 2.24) is 0 Å². The Morgan fingerprint density at radius 3 is 2.42 bits per heavy atom. The molecule has 0 unspecified atom stereocenters. The van der Waals surface area contributed by atoms with E-state index >= 15 is 0 Å². The molecule has 0 aromatic rings. The molecule has 0 spiro atoms. The highest BCUT2D eigenvalue weighted by Crippen LogP contribution is 2.14. The van der Waals surface area contributed by atoms with E-state index in [0.29, 0.717) is 0 Å². The Morgan fingerprint density at radius 2 is 1.92 bits per heavy atom. The summed E-state index contributed by atoms with van der Waals surface area (Å²) in [6, 6.07) is 1.28. The van der Waals surface area contributed by atoms with Gasteiger partial charge in [-0.2, -0.15) is 0 Å². The van der Waals surface area contributed by atoms with Crippen molar-refractivity contribution in [2.75, 3.05) is 11.9 Å². The summed E-state index contributed by atoms with van der Waals surface area (Å²) in [7, 11) is -1.29. The summed E-state index contributed by atoms with van der Waals surface area (Å²) in [5.74, 6) is 0. The van der Waals surface area contributed by atoms with Gasteiger partial charge < -0.3 is 4.43 Å². The molecule has 0 bridgehead atoms. The van der Waals surface area contributed by atoms with Crippen molar-refractivity contribution < 1.29 is 4.43 Å². The van der Waals surface area contributed by atoms with Crippen molar-refractivity contribution in [2.24, 2.45) is 0 Å². The average Bonchev–Trinajstić information content (AvgIpc) is 2.01. The monoisotopic (exact) mass is 252 g/mol. The Kier molecular flexibility index (Phi) is 7.49. The van der Waals surface area contributed by atoms with Gasteiger partial charge in [-0.1, -0.05) is 29.3 Å². The molecule has 0 aromatic heterocycles. The molecule has 0 aliphatic rings. The summed E-state index contributed by atoms with van der Waals surface area (Å²) in [4.78, 5) is 0. The second kappa shape index (κ2) is 7.10. The highest BCUT2D eigenvalue weighted by atomic mass is 79.9. The summed E-state index contributed by atoms with van der Waals surface area (Å²) in [6.07, 6.45) is 3.71. The summed E-state index contributed by atoms with van der Waals surface area (Å²) in [6.45, 7) is 7.80. The fourth-order valence-electron chi connectivity index (χ4n) is 1.06. The third kappa shape index (κ3) is 7.31. The third-order valence-corrected chi connectivity index (χ3v) is 5.01. The van der Waals surface area contributed by atoms with Gasteiger partial charge in [0.25, 0.3) is 0 Å². The molecule has 0 aliphatic carbocycles. The fraction of sp³-hybridized carbons (Fsp3) is 1.00. The fourth-order valence-corrected chi connectivity index (χ4v) is 3.72. The van der Waals surface area contributed by atoms with Crippen LogP contribution in [0.2, 0.25) is 19.1 Å². The lowest BCUT2D eigenvalue weighted by atomic mass is 10.4. The van der Waals surface area contributed by atoms with Gasteiger partial charge >= 0.3 is 0 Å². The predicted molar refractivity (Wildman–Crippen MR) is 61.6 cm³/mol. The standard InChI is InChI=1S/C9H21BrOSi/c1-4-5-8-11-12(2,3)9-6-7-10/h4-9H2,1-3H3. The zero-order valence-electron chi connectivity index (χ0n) is 8.53. The Bertz CT molecular complexity index is 107. The maximum atomic E-state index is 5.89. The summed E-state index contributed by atoms with van der Waals surface area (Å²) < 4.78 is 5.89. The number of hydrogen-bond acceptors (Lipinski definition) is 1. The second-order valence-corrected chi connectivity index (χ2v) is 8.86. The number of halogens is 1. The lowest BCUT2D eigenvalue weighted by molar-refractivity contribution is 0.298. The first-order chi connectivity index (χ1) is 5.62. The Hall–Kier alpha value is 0.657. The van der Waals surface area contributed by atoms with Crippen LogP contribution in [-0.4, -0.2) is 20.3 Å². The zero-order valence-corrected chi connectivity index (χ0v) is 11.1. The minimum atomic E-state index is -1.29. The highest BCUT2D eigenvalue weighted by molar-refractivity contribution is 9.09. The summed E-state index contributed by atoms with van der Waals surface area (Å²) in [5.41, 5.74) is 0. The zero-order chi connectivity index (χ0) is 9.45. The Morgan fingerprint density at radius 1 is 1.25 bits per heavy atom. The quantitative estimate of drug-likeness (QED) is 0.381. The summed E-state index contributed by atoms with van der Waals surface area (Å²) in [5, 5.41) is 1.11. The van der Waals surface area contributed by atoms with Crippen LogP contribution in [0.3, 0.4) is 0 Å². The molecule has 0 amide bonds. The normalized spacial score (nSPS) is 12.0. The minimum Gasteiger partial charge on any atom is -0.417 e. The second-order valence-electron chi connectivity index (χ2n) is 3.75. The van der Waals surface area contributed by atoms with Crippen LogP contribution in [0.15, 0.2) is 0 Å². The van der Waals surface area contributed by atoms with Gasteiger partial charge in [0.2, 0.25) is 0 Å². The van der Waals surface area contributed by atoms with Gasteiger partial charge in [-0.15, -0.1) is 0 Å². The van der Waals surface area contributed by atoms with Gasteiger partial charge in [-0.25, -0.2) is 0 Å². The van der Waals surface area contributed by atoms with Crippen LogP contribution in [0.5, 0.6) is 0 Å². The van der Waals surface area contributed by atoms with Crippen molar-refractivity contribution in [1.29, 1.82) is 0 Å². The van der Waals surface area contributed by atoms with Crippen LogP contribution in [0.25, 0.3) is 0 Å². The molecule has 0 aliphatic heterocycles. The first-order valence-corrected chi connectivity index (χ1v) is 9.06. The molecule has 0 N–H and O–H groups in total. The number of unbranched alkanes of at least 4 members (excludes halogenated alkanes) is 1. The minimum absolute atomic E-state index is 0.970. The van der Waals surface area contributed by atoms with Crippen LogP contribution >= 0.6 is 15.9 Å². The van der Waals surface area contributed by atoms with Crippen LogP contribution in [0.4, 0.5) is 0 Å². The lowest BCUT2D eigenvalue weighted by Gasteiger charge is -2.22. The van der Waals surface area contributed by atoms with Gasteiger partial charge in [0.1, 0.15) is 0 Å². The molecule has 74 valence electrons. The van der Waals surface area contributed by atoms with Gasteiger partial charge in [-0.3, -0.25) is 0 Å². The van der Waals surface area contributed by atoms with E-state index < -0.39 is 8.32 Å². The van der Waals surface area contributed by atoms with E-state index in [1.807, 2.05) is 0 Å². The molecular formula is C9H21BrOSi. The van der Waals surface area contributed by atoms with Crippen molar-refractivity contribution >= 4 is 24.2 Å². The van der Waals surface area contributed by atoms with Gasteiger partial charge in [0.05, 0.1) is 0 Å². The van der Waals surface area contributed by atoms with Gasteiger partial charge in [-0.05, 0) is 32.0 Å². The van der Waals surface area contributed by atoms with Crippen molar-refractivity contribution in [2.45, 2.75) is 45.3 Å². The van der Waals surface area contributed by atoms with Gasteiger partial charge in [0, 0.05) is 11.9 Å². The third-order valence-electron chi connectivity index (χ3n) is 1.90. The molecule has 1 nitrogen and oxygen atoms in total. The molecule has 12 heavy (non-hydrogen) atoms. The van der Waals surface area contributed by atoms with E-state index in [1.54, 1.807) is 0 Å². The van der Waals surface area contributed by atoms with Gasteiger partial charge in [0.15, 0.2) is 8.32 Å². The lowest BCUT2D eigenvalue weighted by Crippen LogP contribution is -2.30. The molecule has 0 rings (SSSR count). The highest BCUT2D eigenvalue weighted by Gasteiger charge is 2.20. The maximum absolute atomic E-state index is 5.89. The molecule has 0 saturated carbocycles.